The second kappa shape index (κ2) is 12.7. The van der Waals surface area contributed by atoms with Crippen LogP contribution in [0.25, 0.3) is 0 Å². The molecule has 0 radical (unpaired) electrons. The summed E-state index contributed by atoms with van der Waals surface area (Å²) in [6.45, 7) is 6.25. The lowest BCUT2D eigenvalue weighted by Gasteiger charge is -2.31. The van der Waals surface area contributed by atoms with E-state index >= 15 is 0 Å². The third-order valence-corrected chi connectivity index (χ3v) is 7.51. The first-order valence-corrected chi connectivity index (χ1v) is 13.6. The van der Waals surface area contributed by atoms with Crippen molar-refractivity contribution < 1.29 is 14.3 Å². The predicted molar refractivity (Wildman–Crippen MR) is 143 cm³/mol. The number of carbonyl (C=O) groups is 2. The van der Waals surface area contributed by atoms with Gasteiger partial charge in [0.25, 0.3) is 5.91 Å². The Morgan fingerprint density at radius 1 is 1.03 bits per heavy atom. The smallest absolute Gasteiger partial charge is 0.261 e. The Bertz CT molecular complexity index is 972. The molecular formula is C27H34Br2N2O3. The maximum absolute atomic E-state index is 13.3. The first-order chi connectivity index (χ1) is 16.2. The summed E-state index contributed by atoms with van der Waals surface area (Å²) in [6, 6.07) is 13.3. The second-order valence-corrected chi connectivity index (χ2v) is 11.1. The van der Waals surface area contributed by atoms with Crippen LogP contribution in [0.5, 0.6) is 5.75 Å². The van der Waals surface area contributed by atoms with Crippen molar-refractivity contribution in [3.05, 3.63) is 62.5 Å². The molecule has 2 aromatic rings. The molecule has 0 heterocycles. The molecule has 0 aromatic heterocycles. The Morgan fingerprint density at radius 2 is 1.71 bits per heavy atom. The number of nitrogens with zero attached hydrogens (tertiary/aromatic N) is 1. The molecule has 0 spiro atoms. The van der Waals surface area contributed by atoms with E-state index in [0.717, 1.165) is 40.2 Å². The van der Waals surface area contributed by atoms with Gasteiger partial charge in [0.05, 0.1) is 4.47 Å². The van der Waals surface area contributed by atoms with Crippen LogP contribution in [0, 0.1) is 0 Å². The Morgan fingerprint density at radius 3 is 2.32 bits per heavy atom. The first-order valence-electron chi connectivity index (χ1n) is 12.0. The molecule has 0 bridgehead atoms. The molecule has 7 heteroatoms. The molecule has 0 saturated heterocycles. The molecule has 0 aliphatic heterocycles. The third kappa shape index (κ3) is 7.57. The quantitative estimate of drug-likeness (QED) is 0.357. The fourth-order valence-corrected chi connectivity index (χ4v) is 4.93. The Kier molecular flexibility index (Phi) is 10.0. The summed E-state index contributed by atoms with van der Waals surface area (Å²) in [5.41, 5.74) is 2.15. The van der Waals surface area contributed by atoms with Gasteiger partial charge in [0.1, 0.15) is 11.8 Å². The van der Waals surface area contributed by atoms with Gasteiger partial charge in [-0.15, -0.1) is 0 Å². The zero-order valence-electron chi connectivity index (χ0n) is 20.2. The molecule has 0 unspecified atom stereocenters. The molecule has 1 aliphatic carbocycles. The molecule has 1 N–H and O–H groups in total. The van der Waals surface area contributed by atoms with Gasteiger partial charge in [0.15, 0.2) is 6.61 Å². The van der Waals surface area contributed by atoms with Crippen molar-refractivity contribution >= 4 is 43.7 Å². The monoisotopic (exact) mass is 592 g/mol. The van der Waals surface area contributed by atoms with Crippen molar-refractivity contribution in [2.24, 2.45) is 0 Å². The van der Waals surface area contributed by atoms with Crippen LogP contribution in [0.1, 0.15) is 69.9 Å². The van der Waals surface area contributed by atoms with Crippen molar-refractivity contribution in [2.45, 2.75) is 77.4 Å². The van der Waals surface area contributed by atoms with E-state index in [9.17, 15) is 9.59 Å². The van der Waals surface area contributed by atoms with Gasteiger partial charge in [-0.3, -0.25) is 9.59 Å². The Balaban J connectivity index is 1.71. The van der Waals surface area contributed by atoms with Crippen molar-refractivity contribution in [2.75, 3.05) is 6.61 Å². The summed E-state index contributed by atoms with van der Waals surface area (Å²) in [4.78, 5) is 28.0. The molecule has 3 rings (SSSR count). The van der Waals surface area contributed by atoms with Gasteiger partial charge in [0.2, 0.25) is 5.91 Å². The van der Waals surface area contributed by atoms with Gasteiger partial charge in [-0.1, -0.05) is 67.2 Å². The number of hydrogen-bond donors (Lipinski definition) is 1. The van der Waals surface area contributed by atoms with Crippen LogP contribution in [-0.4, -0.2) is 35.4 Å². The highest BCUT2D eigenvalue weighted by Gasteiger charge is 2.28. The number of halogens is 2. The number of amides is 2. The van der Waals surface area contributed by atoms with Crippen LogP contribution in [0.4, 0.5) is 0 Å². The van der Waals surface area contributed by atoms with Crippen molar-refractivity contribution in [1.29, 1.82) is 0 Å². The minimum atomic E-state index is -0.603. The summed E-state index contributed by atoms with van der Waals surface area (Å²) in [6.07, 6.45) is 5.50. The van der Waals surface area contributed by atoms with E-state index in [-0.39, 0.29) is 24.5 Å². The highest BCUT2D eigenvalue weighted by Crippen LogP contribution is 2.29. The summed E-state index contributed by atoms with van der Waals surface area (Å²) in [5.74, 6) is 0.673. The van der Waals surface area contributed by atoms with Crippen LogP contribution in [-0.2, 0) is 16.1 Å². The van der Waals surface area contributed by atoms with E-state index in [1.54, 1.807) is 11.8 Å². The molecule has 2 aromatic carbocycles. The average molecular weight is 594 g/mol. The summed E-state index contributed by atoms with van der Waals surface area (Å²) >= 11 is 7.00. The third-order valence-electron chi connectivity index (χ3n) is 6.36. The van der Waals surface area contributed by atoms with Crippen LogP contribution >= 0.6 is 31.9 Å². The summed E-state index contributed by atoms with van der Waals surface area (Å²) in [7, 11) is 0. The standard InChI is InChI=1S/C27H34Br2N2O3/c1-18(2)21-11-14-25(24(29)15-21)34-17-26(32)31(16-20-9-12-22(28)13-10-20)19(3)27(33)30-23-7-5-4-6-8-23/h9-15,18-19,23H,4-8,16-17H2,1-3H3,(H,30,33)/t19-/m1/s1. The van der Waals surface area contributed by atoms with E-state index in [1.165, 1.54) is 12.0 Å². The molecule has 2 amide bonds. The zero-order valence-corrected chi connectivity index (χ0v) is 23.3. The molecule has 1 fully saturated rings. The lowest BCUT2D eigenvalue weighted by Crippen LogP contribution is -2.51. The number of rotatable bonds is 9. The topological polar surface area (TPSA) is 58.6 Å². The molecule has 5 nitrogen and oxygen atoms in total. The van der Waals surface area contributed by atoms with Crippen molar-refractivity contribution in [3.63, 3.8) is 0 Å². The van der Waals surface area contributed by atoms with Crippen molar-refractivity contribution in [3.8, 4) is 5.75 Å². The molecule has 1 saturated carbocycles. The van der Waals surface area contributed by atoms with Crippen LogP contribution in [0.15, 0.2) is 51.4 Å². The average Bonchev–Trinajstić information content (AvgIpc) is 2.82. The number of nitrogens with one attached hydrogen (secondary N) is 1. The molecule has 1 aliphatic rings. The molecule has 184 valence electrons. The van der Waals surface area contributed by atoms with Gasteiger partial charge in [-0.05, 0) is 77.0 Å². The maximum atomic E-state index is 13.3. The van der Waals surface area contributed by atoms with Crippen molar-refractivity contribution in [1.82, 2.24) is 10.2 Å². The number of carbonyl (C=O) groups excluding carboxylic acids is 2. The fraction of sp³-hybridized carbons (Fsp3) is 0.481. The predicted octanol–water partition coefficient (Wildman–Crippen LogP) is 6.58. The Labute approximate surface area is 219 Å². The van der Waals surface area contributed by atoms with Crippen LogP contribution in [0.2, 0.25) is 0 Å². The fourth-order valence-electron chi connectivity index (χ4n) is 4.15. The van der Waals surface area contributed by atoms with Crippen LogP contribution < -0.4 is 10.1 Å². The SMILES string of the molecule is CC(C)c1ccc(OCC(=O)N(Cc2ccc(Br)cc2)[C@H](C)C(=O)NC2CCCCC2)c(Br)c1. The highest BCUT2D eigenvalue weighted by atomic mass is 79.9. The second-order valence-electron chi connectivity index (χ2n) is 9.30. The summed E-state index contributed by atoms with van der Waals surface area (Å²) in [5, 5.41) is 3.16. The normalized spacial score (nSPS) is 15.1. The number of hydrogen-bond acceptors (Lipinski definition) is 3. The molecular weight excluding hydrogens is 560 g/mol. The van der Waals surface area contributed by atoms with E-state index in [4.69, 9.17) is 4.74 Å². The van der Waals surface area contributed by atoms with Gasteiger partial charge < -0.3 is 15.0 Å². The lowest BCUT2D eigenvalue weighted by molar-refractivity contribution is -0.142. The van der Waals surface area contributed by atoms with Gasteiger partial charge in [0, 0.05) is 17.1 Å². The number of benzene rings is 2. The zero-order chi connectivity index (χ0) is 24.7. The Hall–Kier alpha value is -1.86. The summed E-state index contributed by atoms with van der Waals surface area (Å²) < 4.78 is 7.66. The first kappa shape index (κ1) is 26.7. The largest absolute Gasteiger partial charge is 0.483 e. The number of ether oxygens (including phenoxy) is 1. The van der Waals surface area contributed by atoms with Gasteiger partial charge in [-0.2, -0.15) is 0 Å². The lowest BCUT2D eigenvalue weighted by atomic mass is 9.95. The minimum absolute atomic E-state index is 0.111. The minimum Gasteiger partial charge on any atom is -0.483 e. The van der Waals surface area contributed by atoms with Crippen LogP contribution in [0.3, 0.4) is 0 Å². The highest BCUT2D eigenvalue weighted by molar-refractivity contribution is 9.10. The van der Waals surface area contributed by atoms with E-state index in [1.807, 2.05) is 42.5 Å². The van der Waals surface area contributed by atoms with Gasteiger partial charge >= 0.3 is 0 Å². The van der Waals surface area contributed by atoms with E-state index in [0.29, 0.717) is 18.2 Å². The van der Waals surface area contributed by atoms with E-state index in [2.05, 4.69) is 51.0 Å². The molecule has 34 heavy (non-hydrogen) atoms. The van der Waals surface area contributed by atoms with Gasteiger partial charge in [-0.25, -0.2) is 0 Å². The van der Waals surface area contributed by atoms with E-state index < -0.39 is 6.04 Å². The maximum Gasteiger partial charge on any atom is 0.261 e. The molecule has 1 atom stereocenters.